The zero-order chi connectivity index (χ0) is 16.2. The van der Waals surface area contributed by atoms with Gasteiger partial charge in [-0.1, -0.05) is 25.1 Å². The summed E-state index contributed by atoms with van der Waals surface area (Å²) in [6, 6.07) is 6.38. The molecule has 1 amide bonds. The Balaban J connectivity index is 1.56. The number of carbonyl (C=O) groups excluding carboxylic acids is 1. The molecule has 4 N–H and O–H groups in total. The third kappa shape index (κ3) is 3.41. The highest BCUT2D eigenvalue weighted by Crippen LogP contribution is 2.22. The van der Waals surface area contributed by atoms with E-state index in [4.69, 9.17) is 10.5 Å². The zero-order valence-electron chi connectivity index (χ0n) is 13.6. The largest absolute Gasteiger partial charge is 0.364 e. The van der Waals surface area contributed by atoms with Crippen molar-refractivity contribution in [1.82, 2.24) is 10.3 Å². The van der Waals surface area contributed by atoms with Crippen molar-refractivity contribution in [3.05, 3.63) is 35.5 Å². The van der Waals surface area contributed by atoms with Crippen LogP contribution in [-0.4, -0.2) is 36.2 Å². The van der Waals surface area contributed by atoms with E-state index >= 15 is 0 Å². The maximum Gasteiger partial charge on any atom is 0.249 e. The van der Waals surface area contributed by atoms with Crippen molar-refractivity contribution in [3.63, 3.8) is 0 Å². The Labute approximate surface area is 136 Å². The second-order valence-corrected chi connectivity index (χ2v) is 6.11. The molecule has 1 fully saturated rings. The first-order valence-corrected chi connectivity index (χ1v) is 8.44. The second kappa shape index (κ2) is 7.15. The minimum Gasteiger partial charge on any atom is -0.364 e. The Kier molecular flexibility index (Phi) is 4.98. The lowest BCUT2D eigenvalue weighted by Gasteiger charge is -2.12. The predicted octanol–water partition coefficient (Wildman–Crippen LogP) is 1.90. The van der Waals surface area contributed by atoms with Gasteiger partial charge in [-0.3, -0.25) is 4.79 Å². The van der Waals surface area contributed by atoms with Crippen LogP contribution in [0.15, 0.2) is 24.4 Å². The van der Waals surface area contributed by atoms with Gasteiger partial charge in [-0.25, -0.2) is 0 Å². The molecule has 1 aromatic heterocycles. The fourth-order valence-electron chi connectivity index (χ4n) is 3.28. The number of para-hydroxylation sites is 1. The number of nitrogens with two attached hydrogens (primary N) is 1. The van der Waals surface area contributed by atoms with E-state index in [1.54, 1.807) is 0 Å². The standard InChI is InChI=1S/C18H25N3O2/c1-2-12-4-3-5-15-13(11-21-17(12)15)8-9-20-18(22)16-7-6-14(10-19)23-16/h3-5,11,14,16,21H,2,6-10,19H2,1H3,(H,20,22)/t14-,16+/m1/s1. The molecular formula is C18H25N3O2. The van der Waals surface area contributed by atoms with Gasteiger partial charge in [0.1, 0.15) is 6.10 Å². The highest BCUT2D eigenvalue weighted by Gasteiger charge is 2.29. The second-order valence-electron chi connectivity index (χ2n) is 6.11. The van der Waals surface area contributed by atoms with Gasteiger partial charge in [0.05, 0.1) is 6.10 Å². The van der Waals surface area contributed by atoms with Crippen LogP contribution >= 0.6 is 0 Å². The van der Waals surface area contributed by atoms with Crippen LogP contribution in [0.25, 0.3) is 10.9 Å². The average molecular weight is 315 g/mol. The minimum absolute atomic E-state index is 0.0185. The van der Waals surface area contributed by atoms with Gasteiger partial charge in [0.15, 0.2) is 0 Å². The predicted molar refractivity (Wildman–Crippen MR) is 91.3 cm³/mol. The number of aromatic nitrogens is 1. The van der Waals surface area contributed by atoms with Crippen LogP contribution in [0, 0.1) is 0 Å². The lowest BCUT2D eigenvalue weighted by molar-refractivity contribution is -0.131. The van der Waals surface area contributed by atoms with Crippen LogP contribution in [0.4, 0.5) is 0 Å². The molecule has 2 aromatic rings. The molecule has 5 nitrogen and oxygen atoms in total. The van der Waals surface area contributed by atoms with Gasteiger partial charge in [-0.05, 0) is 36.8 Å². The van der Waals surface area contributed by atoms with Gasteiger partial charge in [-0.15, -0.1) is 0 Å². The fourth-order valence-corrected chi connectivity index (χ4v) is 3.28. The lowest BCUT2D eigenvalue weighted by Crippen LogP contribution is -2.36. The Hall–Kier alpha value is -1.85. The number of hydrogen-bond acceptors (Lipinski definition) is 3. The topological polar surface area (TPSA) is 80.1 Å². The number of benzene rings is 1. The first-order valence-electron chi connectivity index (χ1n) is 8.44. The maximum absolute atomic E-state index is 12.1. The summed E-state index contributed by atoms with van der Waals surface area (Å²) >= 11 is 0. The first-order chi connectivity index (χ1) is 11.2. The van der Waals surface area contributed by atoms with Crippen LogP contribution in [0.3, 0.4) is 0 Å². The van der Waals surface area contributed by atoms with E-state index in [-0.39, 0.29) is 18.1 Å². The molecule has 3 rings (SSSR count). The van der Waals surface area contributed by atoms with E-state index in [0.29, 0.717) is 13.1 Å². The number of nitrogens with one attached hydrogen (secondary N) is 2. The van der Waals surface area contributed by atoms with Crippen LogP contribution in [-0.2, 0) is 22.4 Å². The average Bonchev–Trinajstić information content (AvgIpc) is 3.21. The molecule has 0 bridgehead atoms. The number of amides is 1. The number of rotatable bonds is 6. The molecular weight excluding hydrogens is 290 g/mol. The van der Waals surface area contributed by atoms with E-state index in [1.165, 1.54) is 22.0 Å². The van der Waals surface area contributed by atoms with Gasteiger partial charge in [-0.2, -0.15) is 0 Å². The summed E-state index contributed by atoms with van der Waals surface area (Å²) in [5.41, 5.74) is 9.35. The van der Waals surface area contributed by atoms with Crippen molar-refractivity contribution in [2.24, 2.45) is 5.73 Å². The Morgan fingerprint density at radius 2 is 2.26 bits per heavy atom. The number of hydrogen-bond donors (Lipinski definition) is 3. The van der Waals surface area contributed by atoms with E-state index < -0.39 is 0 Å². The number of carbonyl (C=O) groups is 1. The molecule has 2 heterocycles. The molecule has 0 aliphatic carbocycles. The summed E-state index contributed by atoms with van der Waals surface area (Å²) in [6.07, 6.45) is 5.20. The smallest absolute Gasteiger partial charge is 0.249 e. The van der Waals surface area contributed by atoms with E-state index in [9.17, 15) is 4.79 Å². The van der Waals surface area contributed by atoms with Gasteiger partial charge in [0, 0.05) is 30.2 Å². The highest BCUT2D eigenvalue weighted by molar-refractivity contribution is 5.86. The molecule has 0 spiro atoms. The molecule has 1 aliphatic rings. The van der Waals surface area contributed by atoms with Crippen LogP contribution in [0.1, 0.15) is 30.9 Å². The van der Waals surface area contributed by atoms with Gasteiger partial charge in [0.2, 0.25) is 5.91 Å². The van der Waals surface area contributed by atoms with Crippen LogP contribution < -0.4 is 11.1 Å². The monoisotopic (exact) mass is 315 g/mol. The zero-order valence-corrected chi connectivity index (χ0v) is 13.6. The van der Waals surface area contributed by atoms with Crippen molar-refractivity contribution in [2.75, 3.05) is 13.1 Å². The lowest BCUT2D eigenvalue weighted by atomic mass is 10.1. The quantitative estimate of drug-likeness (QED) is 0.761. The summed E-state index contributed by atoms with van der Waals surface area (Å²) in [5, 5.41) is 4.23. The van der Waals surface area contributed by atoms with E-state index in [2.05, 4.69) is 35.4 Å². The van der Waals surface area contributed by atoms with Crippen molar-refractivity contribution >= 4 is 16.8 Å². The van der Waals surface area contributed by atoms with Crippen molar-refractivity contribution in [3.8, 4) is 0 Å². The molecule has 1 saturated heterocycles. The Morgan fingerprint density at radius 3 is 3.00 bits per heavy atom. The molecule has 23 heavy (non-hydrogen) atoms. The third-order valence-electron chi connectivity index (χ3n) is 4.62. The van der Waals surface area contributed by atoms with E-state index in [0.717, 1.165) is 25.7 Å². The number of aryl methyl sites for hydroxylation is 1. The molecule has 124 valence electrons. The number of H-pyrrole nitrogens is 1. The number of aromatic amines is 1. The van der Waals surface area contributed by atoms with E-state index in [1.807, 2.05) is 6.20 Å². The summed E-state index contributed by atoms with van der Waals surface area (Å²) in [7, 11) is 0. The molecule has 2 atom stereocenters. The summed E-state index contributed by atoms with van der Waals surface area (Å²) in [6.45, 7) is 3.26. The molecule has 5 heteroatoms. The van der Waals surface area contributed by atoms with Crippen molar-refractivity contribution in [1.29, 1.82) is 0 Å². The minimum atomic E-state index is -0.335. The number of ether oxygens (including phenoxy) is 1. The van der Waals surface area contributed by atoms with Gasteiger partial charge < -0.3 is 20.8 Å². The fraction of sp³-hybridized carbons (Fsp3) is 0.500. The van der Waals surface area contributed by atoms with Crippen LogP contribution in [0.2, 0.25) is 0 Å². The van der Waals surface area contributed by atoms with Gasteiger partial charge in [0.25, 0.3) is 0 Å². The van der Waals surface area contributed by atoms with Crippen molar-refractivity contribution in [2.45, 2.75) is 44.8 Å². The normalized spacial score (nSPS) is 21.0. The first kappa shape index (κ1) is 16.0. The third-order valence-corrected chi connectivity index (χ3v) is 4.62. The molecule has 1 aromatic carbocycles. The molecule has 1 aliphatic heterocycles. The molecule has 0 radical (unpaired) electrons. The SMILES string of the molecule is CCc1cccc2c(CCNC(=O)[C@@H]3CC[C@H](CN)O3)c[nH]c12. The highest BCUT2D eigenvalue weighted by atomic mass is 16.5. The maximum atomic E-state index is 12.1. The number of fused-ring (bicyclic) bond motifs is 1. The summed E-state index contributed by atoms with van der Waals surface area (Å²) < 4.78 is 5.62. The summed E-state index contributed by atoms with van der Waals surface area (Å²) in [5.74, 6) is -0.0185. The van der Waals surface area contributed by atoms with Crippen molar-refractivity contribution < 1.29 is 9.53 Å². The van der Waals surface area contributed by atoms with Crippen LogP contribution in [0.5, 0.6) is 0 Å². The summed E-state index contributed by atoms with van der Waals surface area (Å²) in [4.78, 5) is 15.5. The molecule has 0 saturated carbocycles. The Morgan fingerprint density at radius 1 is 1.39 bits per heavy atom. The Bertz CT molecular complexity index is 680. The van der Waals surface area contributed by atoms with Gasteiger partial charge >= 0.3 is 0 Å². The molecule has 0 unspecified atom stereocenters.